The second kappa shape index (κ2) is 7.50. The van der Waals surface area contributed by atoms with Crippen LogP contribution >= 0.6 is 0 Å². The SMILES string of the molecule is CCC(OCn1cc[n+](C)c1/C=N\O)C(C)(C)C.[Cl-]. The van der Waals surface area contributed by atoms with Crippen molar-refractivity contribution in [2.75, 3.05) is 0 Å². The molecule has 1 heterocycles. The molecule has 0 aliphatic heterocycles. The number of aryl methyl sites for hydroxylation is 1. The molecular weight excluding hydrogens is 266 g/mol. The Morgan fingerprint density at radius 1 is 1.53 bits per heavy atom. The van der Waals surface area contributed by atoms with Crippen molar-refractivity contribution in [1.29, 1.82) is 0 Å². The van der Waals surface area contributed by atoms with E-state index in [1.54, 1.807) is 0 Å². The Morgan fingerprint density at radius 3 is 2.63 bits per heavy atom. The Kier molecular flexibility index (Phi) is 7.08. The maximum Gasteiger partial charge on any atom is 0.305 e. The monoisotopic (exact) mass is 289 g/mol. The zero-order chi connectivity index (χ0) is 13.8. The summed E-state index contributed by atoms with van der Waals surface area (Å²) in [5.41, 5.74) is 0.120. The topological polar surface area (TPSA) is 50.6 Å². The number of oxime groups is 1. The minimum absolute atomic E-state index is 0. The van der Waals surface area contributed by atoms with Crippen LogP contribution < -0.4 is 17.0 Å². The molecule has 0 bridgehead atoms. The Labute approximate surface area is 121 Å². The van der Waals surface area contributed by atoms with E-state index >= 15 is 0 Å². The molecule has 0 saturated heterocycles. The number of nitrogens with zero attached hydrogens (tertiary/aromatic N) is 3. The molecule has 0 fully saturated rings. The zero-order valence-corrected chi connectivity index (χ0v) is 13.1. The van der Waals surface area contributed by atoms with Crippen LogP contribution in [0.1, 0.15) is 39.9 Å². The Hall–Kier alpha value is -1.07. The van der Waals surface area contributed by atoms with Crippen LogP contribution in [0.4, 0.5) is 0 Å². The number of halogens is 1. The van der Waals surface area contributed by atoms with Crippen LogP contribution in [0.15, 0.2) is 17.5 Å². The number of imidazole rings is 1. The number of aromatic nitrogens is 2. The van der Waals surface area contributed by atoms with Crippen LogP contribution in [0.25, 0.3) is 0 Å². The molecule has 0 aliphatic carbocycles. The minimum Gasteiger partial charge on any atom is -1.00 e. The van der Waals surface area contributed by atoms with Crippen molar-refractivity contribution in [3.05, 3.63) is 18.2 Å². The quantitative estimate of drug-likeness (QED) is 0.325. The lowest BCUT2D eigenvalue weighted by Crippen LogP contribution is -3.00. The van der Waals surface area contributed by atoms with Gasteiger partial charge in [0.1, 0.15) is 12.4 Å². The highest BCUT2D eigenvalue weighted by Gasteiger charge is 2.25. The maximum absolute atomic E-state index is 8.64. The first-order valence-electron chi connectivity index (χ1n) is 6.24. The molecule has 0 aromatic carbocycles. The Bertz CT molecular complexity index is 411. The molecule has 1 rings (SSSR count). The van der Waals surface area contributed by atoms with Crippen molar-refractivity contribution < 1.29 is 26.9 Å². The summed E-state index contributed by atoms with van der Waals surface area (Å²) in [4.78, 5) is 0. The normalized spacial score (nSPS) is 13.5. The van der Waals surface area contributed by atoms with E-state index in [0.717, 1.165) is 12.2 Å². The van der Waals surface area contributed by atoms with E-state index in [1.165, 1.54) is 6.21 Å². The fourth-order valence-electron chi connectivity index (χ4n) is 2.01. The summed E-state index contributed by atoms with van der Waals surface area (Å²) < 4.78 is 9.74. The van der Waals surface area contributed by atoms with E-state index in [-0.39, 0.29) is 23.9 Å². The lowest BCUT2D eigenvalue weighted by atomic mass is 9.87. The molecule has 110 valence electrons. The smallest absolute Gasteiger partial charge is 0.305 e. The predicted octanol–water partition coefficient (Wildman–Crippen LogP) is -1.08. The van der Waals surface area contributed by atoms with E-state index in [2.05, 4.69) is 32.9 Å². The van der Waals surface area contributed by atoms with Crippen molar-refractivity contribution >= 4 is 6.21 Å². The highest BCUT2D eigenvalue weighted by atomic mass is 35.5. The van der Waals surface area contributed by atoms with Gasteiger partial charge in [0.2, 0.25) is 0 Å². The summed E-state index contributed by atoms with van der Waals surface area (Å²) in [6, 6.07) is 0. The summed E-state index contributed by atoms with van der Waals surface area (Å²) in [5, 5.41) is 11.7. The van der Waals surface area contributed by atoms with Gasteiger partial charge in [-0.25, -0.2) is 9.13 Å². The van der Waals surface area contributed by atoms with Gasteiger partial charge in [-0.05, 0) is 11.8 Å². The van der Waals surface area contributed by atoms with Crippen LogP contribution in [0.5, 0.6) is 0 Å². The maximum atomic E-state index is 8.64. The fraction of sp³-hybridized carbons (Fsp3) is 0.692. The lowest BCUT2D eigenvalue weighted by molar-refractivity contribution is -0.672. The number of rotatable bonds is 5. The Balaban J connectivity index is 0.00000324. The zero-order valence-electron chi connectivity index (χ0n) is 12.3. The van der Waals surface area contributed by atoms with Gasteiger partial charge < -0.3 is 22.4 Å². The molecule has 1 aromatic rings. The molecule has 6 heteroatoms. The minimum atomic E-state index is 0. The molecule has 0 spiro atoms. The average Bonchev–Trinajstić information content (AvgIpc) is 2.61. The second-order valence-electron chi connectivity index (χ2n) is 5.54. The third-order valence-corrected chi connectivity index (χ3v) is 3.05. The molecule has 0 amide bonds. The largest absolute Gasteiger partial charge is 1.00 e. The summed E-state index contributed by atoms with van der Waals surface area (Å²) in [6.07, 6.45) is 6.39. The van der Waals surface area contributed by atoms with E-state index in [1.807, 2.05) is 28.6 Å². The van der Waals surface area contributed by atoms with Crippen LogP contribution in [0, 0.1) is 5.41 Å². The first-order chi connectivity index (χ1) is 8.40. The highest BCUT2D eigenvalue weighted by molar-refractivity contribution is 5.72. The molecule has 5 nitrogen and oxygen atoms in total. The standard InChI is InChI=1S/C13H23N3O2.ClH/c1-6-11(13(2,3)4)18-10-16-8-7-15(5)12(16)9-14-17;/h7-9,11H,6,10H2,1-5H3;1H. The van der Waals surface area contributed by atoms with Crippen LogP contribution in [0.2, 0.25) is 0 Å². The van der Waals surface area contributed by atoms with Gasteiger partial charge in [0.15, 0.2) is 12.9 Å². The average molecular weight is 290 g/mol. The molecule has 0 aliphatic rings. The molecule has 19 heavy (non-hydrogen) atoms. The van der Waals surface area contributed by atoms with E-state index < -0.39 is 0 Å². The van der Waals surface area contributed by atoms with Crippen molar-refractivity contribution in [2.45, 2.75) is 47.0 Å². The van der Waals surface area contributed by atoms with Gasteiger partial charge in [0, 0.05) is 0 Å². The van der Waals surface area contributed by atoms with Gasteiger partial charge in [-0.2, -0.15) is 0 Å². The van der Waals surface area contributed by atoms with Gasteiger partial charge in [-0.3, -0.25) is 0 Å². The van der Waals surface area contributed by atoms with Crippen LogP contribution in [-0.2, 0) is 18.5 Å². The summed E-state index contributed by atoms with van der Waals surface area (Å²) in [7, 11) is 1.90. The van der Waals surface area contributed by atoms with Gasteiger partial charge >= 0.3 is 5.82 Å². The van der Waals surface area contributed by atoms with Crippen molar-refractivity contribution in [3.63, 3.8) is 0 Å². The van der Waals surface area contributed by atoms with E-state index in [0.29, 0.717) is 6.73 Å². The molecule has 0 saturated carbocycles. The fourth-order valence-corrected chi connectivity index (χ4v) is 2.01. The third-order valence-electron chi connectivity index (χ3n) is 3.05. The molecule has 1 aromatic heterocycles. The van der Waals surface area contributed by atoms with Crippen LogP contribution in [-0.4, -0.2) is 22.1 Å². The molecule has 1 atom stereocenters. The number of hydrogen-bond acceptors (Lipinski definition) is 3. The predicted molar refractivity (Wildman–Crippen MR) is 69.6 cm³/mol. The summed E-state index contributed by atoms with van der Waals surface area (Å²) in [5.74, 6) is 0.793. The van der Waals surface area contributed by atoms with Crippen molar-refractivity contribution in [3.8, 4) is 0 Å². The number of hydrogen-bond donors (Lipinski definition) is 1. The first-order valence-corrected chi connectivity index (χ1v) is 6.24. The molecular formula is C13H24ClN3O2. The third kappa shape index (κ3) is 4.84. The van der Waals surface area contributed by atoms with Gasteiger partial charge in [0.25, 0.3) is 0 Å². The molecule has 1 unspecified atom stereocenters. The lowest BCUT2D eigenvalue weighted by Gasteiger charge is -2.29. The first kappa shape index (κ1) is 17.9. The number of ether oxygens (including phenoxy) is 1. The summed E-state index contributed by atoms with van der Waals surface area (Å²) in [6.45, 7) is 9.10. The van der Waals surface area contributed by atoms with Crippen molar-refractivity contribution in [1.82, 2.24) is 4.57 Å². The van der Waals surface area contributed by atoms with E-state index in [9.17, 15) is 0 Å². The Morgan fingerprint density at radius 2 is 2.16 bits per heavy atom. The van der Waals surface area contributed by atoms with Gasteiger partial charge in [0.05, 0.1) is 13.2 Å². The van der Waals surface area contributed by atoms with Gasteiger partial charge in [-0.1, -0.05) is 32.9 Å². The van der Waals surface area contributed by atoms with Crippen LogP contribution in [0.3, 0.4) is 0 Å². The van der Waals surface area contributed by atoms with E-state index in [4.69, 9.17) is 9.94 Å². The van der Waals surface area contributed by atoms with Gasteiger partial charge in [-0.15, -0.1) is 0 Å². The highest BCUT2D eigenvalue weighted by Crippen LogP contribution is 2.24. The summed E-state index contributed by atoms with van der Waals surface area (Å²) >= 11 is 0. The van der Waals surface area contributed by atoms with Crippen molar-refractivity contribution in [2.24, 2.45) is 17.6 Å². The molecule has 0 radical (unpaired) electrons. The molecule has 1 N–H and O–H groups in total. The second-order valence-corrected chi connectivity index (χ2v) is 5.54.